The first kappa shape index (κ1) is 16.0. The zero-order chi connectivity index (χ0) is 15.4. The molecule has 3 N–H and O–H groups in total. The number of pyridine rings is 1. The number of fused-ring (bicyclic) bond motifs is 1. The van der Waals surface area contributed by atoms with E-state index in [1.807, 2.05) is 11.8 Å². The van der Waals surface area contributed by atoms with E-state index in [1.165, 1.54) is 0 Å². The molecule has 2 aromatic rings. The smallest absolute Gasteiger partial charge is 0.194 e. The summed E-state index contributed by atoms with van der Waals surface area (Å²) in [5.41, 5.74) is 2.11. The number of benzene rings is 1. The number of halogens is 1. The van der Waals surface area contributed by atoms with Crippen LogP contribution >= 0.6 is 11.6 Å². The van der Waals surface area contributed by atoms with Gasteiger partial charge in [-0.05, 0) is 25.1 Å². The van der Waals surface area contributed by atoms with Gasteiger partial charge in [0.15, 0.2) is 5.43 Å². The molecular weight excluding hydrogens is 292 g/mol. The maximum absolute atomic E-state index is 12.6. The molecule has 0 aliphatic rings. The Kier molecular flexibility index (Phi) is 5.36. The molecule has 1 heterocycles. The second-order valence-corrected chi connectivity index (χ2v) is 5.41. The van der Waals surface area contributed by atoms with Crippen LogP contribution in [-0.4, -0.2) is 46.4 Å². The molecule has 114 valence electrons. The van der Waals surface area contributed by atoms with Gasteiger partial charge in [-0.2, -0.15) is 0 Å². The van der Waals surface area contributed by atoms with Crippen molar-refractivity contribution in [1.82, 2.24) is 9.88 Å². The van der Waals surface area contributed by atoms with Gasteiger partial charge < -0.3 is 15.2 Å². The molecule has 0 bridgehead atoms. The van der Waals surface area contributed by atoms with Crippen LogP contribution in [0.4, 0.5) is 0 Å². The van der Waals surface area contributed by atoms with Crippen LogP contribution in [0.25, 0.3) is 10.9 Å². The van der Waals surface area contributed by atoms with Crippen LogP contribution in [0.5, 0.6) is 0 Å². The Morgan fingerprint density at radius 3 is 2.52 bits per heavy atom. The summed E-state index contributed by atoms with van der Waals surface area (Å²) >= 11 is 5.96. The third-order valence-corrected chi connectivity index (χ3v) is 3.72. The topological polar surface area (TPSA) is 76.6 Å². The maximum Gasteiger partial charge on any atom is 0.194 e. The highest BCUT2D eigenvalue weighted by molar-refractivity contribution is 6.31. The molecule has 5 nitrogen and oxygen atoms in total. The molecule has 0 aliphatic heterocycles. The molecule has 0 saturated heterocycles. The summed E-state index contributed by atoms with van der Waals surface area (Å²) in [4.78, 5) is 17.7. The molecule has 0 radical (unpaired) electrons. The number of nitrogens with zero attached hydrogens (tertiary/aromatic N) is 1. The minimum atomic E-state index is -0.0652. The lowest BCUT2D eigenvalue weighted by atomic mass is 10.1. The number of aromatic amines is 1. The number of aryl methyl sites for hydroxylation is 1. The normalized spacial score (nSPS) is 11.5. The van der Waals surface area contributed by atoms with E-state index in [9.17, 15) is 4.79 Å². The first-order chi connectivity index (χ1) is 10.1. The van der Waals surface area contributed by atoms with Gasteiger partial charge in [-0.15, -0.1) is 0 Å². The van der Waals surface area contributed by atoms with Crippen LogP contribution in [0.15, 0.2) is 23.0 Å². The Bertz CT molecular complexity index is 678. The first-order valence-corrected chi connectivity index (χ1v) is 7.19. The molecule has 1 aromatic carbocycles. The van der Waals surface area contributed by atoms with Crippen molar-refractivity contribution in [1.29, 1.82) is 0 Å². The molecule has 0 saturated carbocycles. The monoisotopic (exact) mass is 310 g/mol. The van der Waals surface area contributed by atoms with Crippen molar-refractivity contribution in [2.75, 3.05) is 26.3 Å². The molecule has 0 aliphatic carbocycles. The van der Waals surface area contributed by atoms with Gasteiger partial charge in [0.2, 0.25) is 0 Å². The minimum absolute atomic E-state index is 0.0175. The van der Waals surface area contributed by atoms with Crippen molar-refractivity contribution < 1.29 is 10.2 Å². The Labute approximate surface area is 127 Å². The molecule has 0 unspecified atom stereocenters. The van der Waals surface area contributed by atoms with Gasteiger partial charge >= 0.3 is 0 Å². The molecular formula is C15H19ClN2O3. The van der Waals surface area contributed by atoms with E-state index in [2.05, 4.69) is 4.98 Å². The summed E-state index contributed by atoms with van der Waals surface area (Å²) in [7, 11) is 0. The van der Waals surface area contributed by atoms with Crippen LogP contribution in [-0.2, 0) is 6.54 Å². The predicted molar refractivity (Wildman–Crippen MR) is 83.8 cm³/mol. The highest BCUT2D eigenvalue weighted by atomic mass is 35.5. The van der Waals surface area contributed by atoms with Crippen LogP contribution in [0.3, 0.4) is 0 Å². The molecule has 21 heavy (non-hydrogen) atoms. The number of rotatable bonds is 6. The number of hydrogen-bond donors (Lipinski definition) is 3. The van der Waals surface area contributed by atoms with Crippen LogP contribution in [0, 0.1) is 6.92 Å². The van der Waals surface area contributed by atoms with Crippen molar-refractivity contribution >= 4 is 22.5 Å². The molecule has 0 fully saturated rings. The fourth-order valence-corrected chi connectivity index (χ4v) is 2.56. The average molecular weight is 311 g/mol. The average Bonchev–Trinajstić information content (AvgIpc) is 2.45. The van der Waals surface area contributed by atoms with Gasteiger partial charge in [-0.25, -0.2) is 0 Å². The molecule has 2 rings (SSSR count). The zero-order valence-electron chi connectivity index (χ0n) is 11.9. The second-order valence-electron chi connectivity index (χ2n) is 4.97. The van der Waals surface area contributed by atoms with Crippen molar-refractivity contribution in [3.05, 3.63) is 44.7 Å². The maximum atomic E-state index is 12.6. The van der Waals surface area contributed by atoms with Crippen molar-refractivity contribution in [3.63, 3.8) is 0 Å². The second kappa shape index (κ2) is 7.04. The molecule has 1 aromatic heterocycles. The van der Waals surface area contributed by atoms with Crippen LogP contribution < -0.4 is 5.43 Å². The Hall–Kier alpha value is -1.40. The number of H-pyrrole nitrogens is 1. The summed E-state index contributed by atoms with van der Waals surface area (Å²) in [6.45, 7) is 3.01. The van der Waals surface area contributed by atoms with E-state index >= 15 is 0 Å². The van der Waals surface area contributed by atoms with Crippen molar-refractivity contribution in [2.45, 2.75) is 13.5 Å². The summed E-state index contributed by atoms with van der Waals surface area (Å²) in [6.07, 6.45) is 0. The summed E-state index contributed by atoms with van der Waals surface area (Å²) in [5.74, 6) is 0. The molecule has 0 spiro atoms. The molecule has 0 amide bonds. The Morgan fingerprint density at radius 1 is 1.24 bits per heavy atom. The van der Waals surface area contributed by atoms with E-state index in [1.54, 1.807) is 18.2 Å². The number of hydrogen-bond acceptors (Lipinski definition) is 4. The third kappa shape index (κ3) is 3.63. The fraction of sp³-hybridized carbons (Fsp3) is 0.400. The SMILES string of the molecule is Cc1[nH]c2ccc(Cl)cc2c(=O)c1CN(CCO)CCO. The van der Waals surface area contributed by atoms with Gasteiger partial charge in [-0.3, -0.25) is 9.69 Å². The largest absolute Gasteiger partial charge is 0.395 e. The van der Waals surface area contributed by atoms with E-state index in [4.69, 9.17) is 21.8 Å². The summed E-state index contributed by atoms with van der Waals surface area (Å²) in [6, 6.07) is 5.18. The van der Waals surface area contributed by atoms with E-state index in [0.29, 0.717) is 35.6 Å². The lowest BCUT2D eigenvalue weighted by Gasteiger charge is -2.21. The van der Waals surface area contributed by atoms with Gasteiger partial charge in [0, 0.05) is 46.8 Å². The lowest BCUT2D eigenvalue weighted by molar-refractivity contribution is 0.155. The minimum Gasteiger partial charge on any atom is -0.395 e. The van der Waals surface area contributed by atoms with Crippen molar-refractivity contribution in [2.24, 2.45) is 0 Å². The van der Waals surface area contributed by atoms with Crippen molar-refractivity contribution in [3.8, 4) is 0 Å². The van der Waals surface area contributed by atoms with Crippen LogP contribution in [0.1, 0.15) is 11.3 Å². The van der Waals surface area contributed by atoms with E-state index in [0.717, 1.165) is 11.2 Å². The number of aliphatic hydroxyl groups is 2. The summed E-state index contributed by atoms with van der Waals surface area (Å²) < 4.78 is 0. The highest BCUT2D eigenvalue weighted by Crippen LogP contribution is 2.17. The quantitative estimate of drug-likeness (QED) is 0.751. The van der Waals surface area contributed by atoms with Gasteiger partial charge in [0.05, 0.1) is 13.2 Å². The lowest BCUT2D eigenvalue weighted by Crippen LogP contribution is -2.32. The van der Waals surface area contributed by atoms with E-state index in [-0.39, 0.29) is 18.6 Å². The molecule has 0 atom stereocenters. The van der Waals surface area contributed by atoms with Crippen LogP contribution in [0.2, 0.25) is 5.02 Å². The zero-order valence-corrected chi connectivity index (χ0v) is 12.7. The standard InChI is InChI=1S/C15H19ClN2O3/c1-10-13(9-18(4-6-19)5-7-20)15(21)12-8-11(16)2-3-14(12)17-10/h2-3,8,19-20H,4-7,9H2,1H3,(H,17,21). The number of aromatic nitrogens is 1. The number of nitrogens with one attached hydrogen (secondary N) is 1. The van der Waals surface area contributed by atoms with Gasteiger partial charge in [0.1, 0.15) is 0 Å². The highest BCUT2D eigenvalue weighted by Gasteiger charge is 2.13. The van der Waals surface area contributed by atoms with Gasteiger partial charge in [0.25, 0.3) is 0 Å². The molecule has 6 heteroatoms. The summed E-state index contributed by atoms with van der Waals surface area (Å²) in [5, 5.41) is 19.2. The fourth-order valence-electron chi connectivity index (χ4n) is 2.39. The number of aliphatic hydroxyl groups excluding tert-OH is 2. The predicted octanol–water partition coefficient (Wildman–Crippen LogP) is 1.28. The third-order valence-electron chi connectivity index (χ3n) is 3.49. The Morgan fingerprint density at radius 2 is 1.90 bits per heavy atom. The Balaban J connectivity index is 2.45. The van der Waals surface area contributed by atoms with E-state index < -0.39 is 0 Å². The first-order valence-electron chi connectivity index (χ1n) is 6.82. The van der Waals surface area contributed by atoms with Gasteiger partial charge in [-0.1, -0.05) is 11.6 Å².